The fourth-order valence-electron chi connectivity index (χ4n) is 1.28. The first-order valence-electron chi connectivity index (χ1n) is 4.91. The van der Waals surface area contributed by atoms with Crippen LogP contribution in [0.1, 0.15) is 10.5 Å². The quantitative estimate of drug-likeness (QED) is 0.887. The molecule has 0 aliphatic heterocycles. The number of benzene rings is 1. The summed E-state index contributed by atoms with van der Waals surface area (Å²) in [6, 6.07) is 4.93. The van der Waals surface area contributed by atoms with Crippen LogP contribution in [0.15, 0.2) is 30.6 Å². The van der Waals surface area contributed by atoms with Crippen molar-refractivity contribution in [2.45, 2.75) is 0 Å². The van der Waals surface area contributed by atoms with Crippen molar-refractivity contribution in [3.05, 3.63) is 46.3 Å². The highest BCUT2D eigenvalue weighted by Gasteiger charge is 2.11. The van der Waals surface area contributed by atoms with Gasteiger partial charge in [-0.2, -0.15) is 0 Å². The lowest BCUT2D eigenvalue weighted by Crippen LogP contribution is -2.15. The molecule has 1 aromatic heterocycles. The number of anilines is 2. The Balaban J connectivity index is 2.24. The minimum atomic E-state index is -0.459. The number of aromatic nitrogens is 2. The molecular formula is C11H8Cl2N4O. The van der Waals surface area contributed by atoms with Gasteiger partial charge in [-0.05, 0) is 12.1 Å². The van der Waals surface area contributed by atoms with Gasteiger partial charge in [0.2, 0.25) is 0 Å². The van der Waals surface area contributed by atoms with E-state index in [2.05, 4.69) is 15.3 Å². The Labute approximate surface area is 113 Å². The number of halogens is 2. The maximum atomic E-state index is 11.9. The summed E-state index contributed by atoms with van der Waals surface area (Å²) in [5.74, 6) is -0.293. The normalized spacial score (nSPS) is 10.1. The Morgan fingerprint density at radius 2 is 2.06 bits per heavy atom. The van der Waals surface area contributed by atoms with Crippen LogP contribution in [0.2, 0.25) is 10.0 Å². The van der Waals surface area contributed by atoms with Crippen LogP contribution in [0, 0.1) is 0 Å². The van der Waals surface area contributed by atoms with Crippen molar-refractivity contribution in [2.24, 2.45) is 0 Å². The number of nitrogen functional groups attached to an aromatic ring is 1. The van der Waals surface area contributed by atoms with Gasteiger partial charge in [-0.3, -0.25) is 9.78 Å². The first-order valence-corrected chi connectivity index (χ1v) is 5.66. The van der Waals surface area contributed by atoms with Crippen LogP contribution in [0.4, 0.5) is 11.5 Å². The van der Waals surface area contributed by atoms with E-state index in [1.165, 1.54) is 12.4 Å². The molecule has 2 aromatic rings. The number of nitrogens with zero attached hydrogens (tertiary/aromatic N) is 2. The summed E-state index contributed by atoms with van der Waals surface area (Å²) in [6.07, 6.45) is 2.66. The molecule has 0 bridgehead atoms. The largest absolute Gasteiger partial charge is 0.382 e. The van der Waals surface area contributed by atoms with Crippen LogP contribution in [-0.2, 0) is 0 Å². The average Bonchev–Trinajstić information content (AvgIpc) is 2.35. The molecule has 7 heteroatoms. The third-order valence-electron chi connectivity index (χ3n) is 2.09. The summed E-state index contributed by atoms with van der Waals surface area (Å²) >= 11 is 11.8. The first-order chi connectivity index (χ1) is 8.58. The number of nitrogens with two attached hydrogens (primary N) is 1. The monoisotopic (exact) mass is 282 g/mol. The molecule has 0 atom stereocenters. The molecule has 0 saturated heterocycles. The maximum absolute atomic E-state index is 11.9. The molecule has 3 N–H and O–H groups in total. The molecule has 18 heavy (non-hydrogen) atoms. The number of amides is 1. The van der Waals surface area contributed by atoms with Crippen molar-refractivity contribution in [1.82, 2.24) is 9.97 Å². The average molecular weight is 283 g/mol. The van der Waals surface area contributed by atoms with E-state index >= 15 is 0 Å². The number of hydrogen-bond donors (Lipinski definition) is 2. The topological polar surface area (TPSA) is 80.9 Å². The van der Waals surface area contributed by atoms with Crippen molar-refractivity contribution >= 4 is 40.6 Å². The van der Waals surface area contributed by atoms with Crippen LogP contribution in [0.25, 0.3) is 0 Å². The highest BCUT2D eigenvalue weighted by molar-refractivity contribution is 6.44. The minimum Gasteiger partial charge on any atom is -0.382 e. The zero-order valence-electron chi connectivity index (χ0n) is 9.02. The van der Waals surface area contributed by atoms with Gasteiger partial charge >= 0.3 is 0 Å². The molecule has 5 nitrogen and oxygen atoms in total. The lowest BCUT2D eigenvalue weighted by atomic mass is 10.3. The van der Waals surface area contributed by atoms with Crippen molar-refractivity contribution in [2.75, 3.05) is 11.1 Å². The molecule has 0 spiro atoms. The molecule has 0 saturated carbocycles. The number of rotatable bonds is 2. The lowest BCUT2D eigenvalue weighted by Gasteiger charge is -2.07. The summed E-state index contributed by atoms with van der Waals surface area (Å²) in [7, 11) is 0. The second kappa shape index (κ2) is 5.20. The van der Waals surface area contributed by atoms with E-state index in [-0.39, 0.29) is 16.5 Å². The van der Waals surface area contributed by atoms with Gasteiger partial charge in [0.15, 0.2) is 0 Å². The third kappa shape index (κ3) is 2.69. The van der Waals surface area contributed by atoms with E-state index in [9.17, 15) is 4.79 Å². The molecule has 1 heterocycles. The van der Waals surface area contributed by atoms with Crippen LogP contribution in [0.3, 0.4) is 0 Å². The number of nitrogens with one attached hydrogen (secondary N) is 1. The second-order valence-electron chi connectivity index (χ2n) is 3.38. The van der Waals surface area contributed by atoms with Gasteiger partial charge in [0.1, 0.15) is 11.5 Å². The molecule has 92 valence electrons. The number of hydrogen-bond acceptors (Lipinski definition) is 4. The smallest absolute Gasteiger partial charge is 0.275 e. The molecular weight excluding hydrogens is 275 g/mol. The Morgan fingerprint density at radius 3 is 2.78 bits per heavy atom. The zero-order chi connectivity index (χ0) is 13.1. The predicted molar refractivity (Wildman–Crippen MR) is 70.9 cm³/mol. The fourth-order valence-corrected chi connectivity index (χ4v) is 1.62. The first kappa shape index (κ1) is 12.6. The fraction of sp³-hybridized carbons (Fsp3) is 0. The van der Waals surface area contributed by atoms with Crippen molar-refractivity contribution in [3.63, 3.8) is 0 Å². The predicted octanol–water partition coefficient (Wildman–Crippen LogP) is 2.62. The highest BCUT2D eigenvalue weighted by Crippen LogP contribution is 2.29. The molecule has 2 rings (SSSR count). The Morgan fingerprint density at radius 1 is 1.28 bits per heavy atom. The van der Waals surface area contributed by atoms with E-state index < -0.39 is 5.91 Å². The van der Waals surface area contributed by atoms with Gasteiger partial charge in [-0.25, -0.2) is 4.98 Å². The van der Waals surface area contributed by atoms with Gasteiger partial charge in [0, 0.05) is 0 Å². The highest BCUT2D eigenvalue weighted by atomic mass is 35.5. The Hall–Kier alpha value is -1.85. The van der Waals surface area contributed by atoms with E-state index in [1.807, 2.05) is 0 Å². The summed E-state index contributed by atoms with van der Waals surface area (Å²) in [4.78, 5) is 19.5. The molecule has 1 amide bonds. The van der Waals surface area contributed by atoms with Crippen LogP contribution in [-0.4, -0.2) is 15.9 Å². The van der Waals surface area contributed by atoms with Crippen molar-refractivity contribution < 1.29 is 4.79 Å². The van der Waals surface area contributed by atoms with Gasteiger partial charge < -0.3 is 11.1 Å². The summed E-state index contributed by atoms with van der Waals surface area (Å²) in [5, 5.41) is 3.20. The molecule has 0 radical (unpaired) electrons. The molecule has 0 unspecified atom stereocenters. The van der Waals surface area contributed by atoms with E-state index in [0.29, 0.717) is 10.7 Å². The van der Waals surface area contributed by atoms with E-state index in [0.717, 1.165) is 0 Å². The van der Waals surface area contributed by atoms with Crippen LogP contribution < -0.4 is 11.1 Å². The van der Waals surface area contributed by atoms with Gasteiger partial charge in [-0.15, -0.1) is 0 Å². The van der Waals surface area contributed by atoms with E-state index in [4.69, 9.17) is 28.9 Å². The number of carbonyl (C=O) groups is 1. The summed E-state index contributed by atoms with van der Waals surface area (Å²) < 4.78 is 0. The van der Waals surface area contributed by atoms with Gasteiger partial charge in [0.05, 0.1) is 28.1 Å². The zero-order valence-corrected chi connectivity index (χ0v) is 10.5. The van der Waals surface area contributed by atoms with Crippen LogP contribution >= 0.6 is 23.2 Å². The molecule has 0 aliphatic carbocycles. The Kier molecular flexibility index (Phi) is 3.64. The maximum Gasteiger partial charge on any atom is 0.275 e. The minimum absolute atomic E-state index is 0.103. The molecule has 1 aromatic carbocycles. The standard InChI is InChI=1S/C11H8Cl2N4O/c12-6-2-1-3-7(10(6)13)17-11(18)8-4-15-5-9(14)16-8/h1-5H,(H2,14,16)(H,17,18). The van der Waals surface area contributed by atoms with Crippen molar-refractivity contribution in [1.29, 1.82) is 0 Å². The van der Waals surface area contributed by atoms with Crippen LogP contribution in [0.5, 0.6) is 0 Å². The van der Waals surface area contributed by atoms with Gasteiger partial charge in [0.25, 0.3) is 5.91 Å². The second-order valence-corrected chi connectivity index (χ2v) is 4.17. The third-order valence-corrected chi connectivity index (χ3v) is 2.90. The SMILES string of the molecule is Nc1cncc(C(=O)Nc2cccc(Cl)c2Cl)n1. The van der Waals surface area contributed by atoms with Crippen molar-refractivity contribution in [3.8, 4) is 0 Å². The molecule has 0 aliphatic rings. The molecule has 0 fully saturated rings. The van der Waals surface area contributed by atoms with E-state index in [1.54, 1.807) is 18.2 Å². The summed E-state index contributed by atoms with van der Waals surface area (Å²) in [5.41, 5.74) is 5.95. The number of carbonyl (C=O) groups excluding carboxylic acids is 1. The summed E-state index contributed by atoms with van der Waals surface area (Å²) in [6.45, 7) is 0. The van der Waals surface area contributed by atoms with Gasteiger partial charge in [-0.1, -0.05) is 29.3 Å². The Bertz CT molecular complexity index is 603. The lowest BCUT2D eigenvalue weighted by molar-refractivity contribution is 0.102.